The van der Waals surface area contributed by atoms with Gasteiger partial charge >= 0.3 is 29.0 Å². The van der Waals surface area contributed by atoms with E-state index in [0.29, 0.717) is 6.42 Å². The van der Waals surface area contributed by atoms with E-state index in [2.05, 4.69) is 19.6 Å². The molecule has 0 aliphatic rings. The predicted octanol–water partition coefficient (Wildman–Crippen LogP) is 4.54. The van der Waals surface area contributed by atoms with Crippen LogP contribution in [0, 0.1) is 0 Å². The van der Waals surface area contributed by atoms with Crippen molar-refractivity contribution in [3.63, 3.8) is 0 Å². The van der Waals surface area contributed by atoms with Crippen molar-refractivity contribution in [3.05, 3.63) is 0 Å². The molecule has 4 heteroatoms. The monoisotopic (exact) mass is 314 g/mol. The Bertz CT molecular complexity index is 213. The van der Waals surface area contributed by atoms with E-state index in [1.165, 1.54) is 64.2 Å². The van der Waals surface area contributed by atoms with Crippen molar-refractivity contribution in [2.75, 3.05) is 0 Å². The molecule has 0 aliphatic carbocycles. The minimum absolute atomic E-state index is 0. The van der Waals surface area contributed by atoms with Crippen molar-refractivity contribution in [1.29, 1.82) is 0 Å². The first-order chi connectivity index (χ1) is 9.18. The standard InChI is InChI=1S/C16H32O2S.Mg.2H/c1-2-3-4-5-6-7-8-9-10-11-12-13-14-15(19)16(17)18;;;/h15,19H,2-14H2,1H3,(H,17,18);;;. The number of hydrogen-bond acceptors (Lipinski definition) is 2. The quantitative estimate of drug-likeness (QED) is 0.280. The van der Waals surface area contributed by atoms with Gasteiger partial charge in [0.1, 0.15) is 0 Å². The molecule has 1 unspecified atom stereocenters. The SMILES string of the molecule is CCCCCCCCCCCCCCC(S)C(=O)O.[MgH2]. The Labute approximate surface area is 147 Å². The van der Waals surface area contributed by atoms with Gasteiger partial charge < -0.3 is 5.11 Å². The number of aliphatic carboxylic acids is 1. The van der Waals surface area contributed by atoms with Crippen LogP contribution in [-0.2, 0) is 4.79 Å². The van der Waals surface area contributed by atoms with Crippen LogP contribution < -0.4 is 0 Å². The Hall–Kier alpha value is 0.586. The lowest BCUT2D eigenvalue weighted by Gasteiger charge is -2.05. The van der Waals surface area contributed by atoms with Crippen LogP contribution in [0.2, 0.25) is 0 Å². The van der Waals surface area contributed by atoms with E-state index in [4.69, 9.17) is 5.11 Å². The summed E-state index contributed by atoms with van der Waals surface area (Å²) in [6.45, 7) is 2.26. The van der Waals surface area contributed by atoms with Crippen molar-refractivity contribution in [3.8, 4) is 0 Å². The normalized spacial score (nSPS) is 11.9. The van der Waals surface area contributed by atoms with Gasteiger partial charge in [0, 0.05) is 0 Å². The molecule has 0 aromatic heterocycles. The van der Waals surface area contributed by atoms with E-state index in [0.717, 1.165) is 12.8 Å². The van der Waals surface area contributed by atoms with E-state index in [1.54, 1.807) is 0 Å². The average Bonchev–Trinajstić information content (AvgIpc) is 2.39. The zero-order chi connectivity index (χ0) is 14.3. The van der Waals surface area contributed by atoms with Crippen LogP contribution in [0.5, 0.6) is 0 Å². The second kappa shape index (κ2) is 17.6. The number of thiol groups is 1. The fraction of sp³-hybridized carbons (Fsp3) is 0.938. The maximum atomic E-state index is 10.6. The summed E-state index contributed by atoms with van der Waals surface area (Å²) >= 11 is 4.03. The number of carbonyl (C=O) groups is 1. The van der Waals surface area contributed by atoms with E-state index in [9.17, 15) is 4.79 Å². The highest BCUT2D eigenvalue weighted by molar-refractivity contribution is 7.81. The zero-order valence-electron chi connectivity index (χ0n) is 12.6. The fourth-order valence-corrected chi connectivity index (χ4v) is 2.48. The fourth-order valence-electron chi connectivity index (χ4n) is 2.30. The topological polar surface area (TPSA) is 37.3 Å². The first kappa shape index (κ1) is 22.9. The molecule has 1 N–H and O–H groups in total. The molecule has 0 radical (unpaired) electrons. The highest BCUT2D eigenvalue weighted by Gasteiger charge is 2.10. The Kier molecular flexibility index (Phi) is 20.2. The molecule has 0 aromatic rings. The first-order valence-corrected chi connectivity index (χ1v) is 8.61. The highest BCUT2D eigenvalue weighted by atomic mass is 32.1. The second-order valence-electron chi connectivity index (χ2n) is 5.53. The summed E-state index contributed by atoms with van der Waals surface area (Å²) in [6.07, 6.45) is 16.5. The van der Waals surface area contributed by atoms with E-state index in [1.807, 2.05) is 0 Å². The minimum atomic E-state index is -0.786. The molecule has 0 aliphatic heterocycles. The number of carboxylic acids is 1. The van der Waals surface area contributed by atoms with Gasteiger partial charge in [0.15, 0.2) is 0 Å². The molecule has 0 bridgehead atoms. The van der Waals surface area contributed by atoms with E-state index < -0.39 is 11.2 Å². The van der Waals surface area contributed by atoms with Gasteiger partial charge in [-0.1, -0.05) is 84.0 Å². The van der Waals surface area contributed by atoms with Crippen molar-refractivity contribution < 1.29 is 9.90 Å². The van der Waals surface area contributed by atoms with Crippen LogP contribution in [0.3, 0.4) is 0 Å². The van der Waals surface area contributed by atoms with Gasteiger partial charge in [-0.2, -0.15) is 12.6 Å². The molecule has 0 spiro atoms. The Morgan fingerprint density at radius 2 is 1.20 bits per heavy atom. The van der Waals surface area contributed by atoms with Gasteiger partial charge in [0.25, 0.3) is 0 Å². The molecule has 1 atom stereocenters. The molecule has 0 saturated carbocycles. The lowest BCUT2D eigenvalue weighted by molar-refractivity contribution is -0.136. The smallest absolute Gasteiger partial charge is 0.316 e. The predicted molar refractivity (Wildman–Crippen MR) is 94.6 cm³/mol. The first-order valence-electron chi connectivity index (χ1n) is 8.09. The molecule has 2 nitrogen and oxygen atoms in total. The molecule has 0 heterocycles. The van der Waals surface area contributed by atoms with Crippen LogP contribution >= 0.6 is 12.6 Å². The van der Waals surface area contributed by atoms with Crippen molar-refractivity contribution in [2.24, 2.45) is 0 Å². The summed E-state index contributed by atoms with van der Waals surface area (Å²) in [5.74, 6) is -0.786. The van der Waals surface area contributed by atoms with Crippen molar-refractivity contribution in [2.45, 2.75) is 95.6 Å². The maximum absolute atomic E-state index is 10.6. The summed E-state index contributed by atoms with van der Waals surface area (Å²) in [5, 5.41) is 8.21. The third-order valence-corrected chi connectivity index (χ3v) is 4.10. The summed E-state index contributed by atoms with van der Waals surface area (Å²) in [6, 6.07) is 0. The minimum Gasteiger partial charge on any atom is -0.480 e. The van der Waals surface area contributed by atoms with Crippen LogP contribution in [-0.4, -0.2) is 39.4 Å². The third-order valence-electron chi connectivity index (χ3n) is 3.62. The summed E-state index contributed by atoms with van der Waals surface area (Å²) < 4.78 is 0. The Balaban J connectivity index is 0. The number of hydrogen-bond donors (Lipinski definition) is 2. The highest BCUT2D eigenvalue weighted by Crippen LogP contribution is 2.14. The van der Waals surface area contributed by atoms with Gasteiger partial charge in [0.2, 0.25) is 0 Å². The van der Waals surface area contributed by atoms with Gasteiger partial charge in [-0.15, -0.1) is 0 Å². The van der Waals surface area contributed by atoms with Gasteiger partial charge in [-0.25, -0.2) is 0 Å². The Morgan fingerprint density at radius 3 is 1.55 bits per heavy atom. The van der Waals surface area contributed by atoms with Crippen molar-refractivity contribution >= 4 is 41.7 Å². The molecule has 20 heavy (non-hydrogen) atoms. The molecule has 0 aromatic carbocycles. The van der Waals surface area contributed by atoms with Crippen LogP contribution in [0.15, 0.2) is 0 Å². The summed E-state index contributed by atoms with van der Waals surface area (Å²) in [5.41, 5.74) is 0. The lowest BCUT2D eigenvalue weighted by Crippen LogP contribution is -2.12. The number of unbranched alkanes of at least 4 members (excludes halogenated alkanes) is 11. The third kappa shape index (κ3) is 16.6. The second-order valence-corrected chi connectivity index (χ2v) is 6.16. The lowest BCUT2D eigenvalue weighted by atomic mass is 10.0. The number of carboxylic acid groups (broad SMARTS) is 1. The van der Waals surface area contributed by atoms with Gasteiger partial charge in [-0.3, -0.25) is 4.79 Å². The van der Waals surface area contributed by atoms with Crippen LogP contribution in [0.4, 0.5) is 0 Å². The molecule has 118 valence electrons. The zero-order valence-corrected chi connectivity index (χ0v) is 13.5. The van der Waals surface area contributed by atoms with Crippen LogP contribution in [0.1, 0.15) is 90.4 Å². The number of rotatable bonds is 14. The largest absolute Gasteiger partial charge is 0.480 e. The van der Waals surface area contributed by atoms with Gasteiger partial charge in [0.05, 0.1) is 5.25 Å². The molecular weight excluding hydrogens is 281 g/mol. The molecule has 0 fully saturated rings. The molecule has 0 saturated heterocycles. The summed E-state index contributed by atoms with van der Waals surface area (Å²) in [4.78, 5) is 10.6. The maximum Gasteiger partial charge on any atom is 0.316 e. The van der Waals surface area contributed by atoms with E-state index >= 15 is 0 Å². The van der Waals surface area contributed by atoms with Crippen molar-refractivity contribution in [1.82, 2.24) is 0 Å². The average molecular weight is 315 g/mol. The molecule has 0 amide bonds. The molecule has 0 rings (SSSR count). The van der Waals surface area contributed by atoms with Gasteiger partial charge in [-0.05, 0) is 6.42 Å². The Morgan fingerprint density at radius 1 is 0.850 bits per heavy atom. The van der Waals surface area contributed by atoms with Crippen LogP contribution in [0.25, 0.3) is 0 Å². The molecular formula is C16H34MgO2S. The van der Waals surface area contributed by atoms with E-state index in [-0.39, 0.29) is 23.1 Å². The summed E-state index contributed by atoms with van der Waals surface area (Å²) in [7, 11) is 0.